The third kappa shape index (κ3) is 6.36. The molecule has 0 amide bonds. The predicted molar refractivity (Wildman–Crippen MR) is 101 cm³/mol. The molecule has 2 aromatic rings. The normalized spacial score (nSPS) is 14.5. The first-order valence-electron chi connectivity index (χ1n) is 8.33. The van der Waals surface area contributed by atoms with E-state index in [9.17, 15) is 15.2 Å². The number of nitrogens with one attached hydrogen (secondary N) is 1. The van der Waals surface area contributed by atoms with E-state index in [4.69, 9.17) is 11.6 Å². The maximum Gasteiger partial charge on any atom is 0.236 e. The molecule has 5 nitrogen and oxygen atoms in total. The molecule has 3 atom stereocenters. The van der Waals surface area contributed by atoms with E-state index in [-0.39, 0.29) is 11.0 Å². The fourth-order valence-corrected chi connectivity index (χ4v) is 2.88. The highest BCUT2D eigenvalue weighted by atomic mass is 35.5. The maximum absolute atomic E-state index is 11.7. The topological polar surface area (TPSA) is 75.4 Å². The van der Waals surface area contributed by atoms with Crippen molar-refractivity contribution in [2.24, 2.45) is 0 Å². The van der Waals surface area contributed by atoms with E-state index < -0.39 is 12.1 Å². The van der Waals surface area contributed by atoms with Crippen molar-refractivity contribution in [1.29, 1.82) is 0 Å². The van der Waals surface area contributed by atoms with Crippen LogP contribution in [0, 0.1) is 10.1 Å². The summed E-state index contributed by atoms with van der Waals surface area (Å²) < 4.78 is 0. The van der Waals surface area contributed by atoms with Crippen molar-refractivity contribution < 1.29 is 10.0 Å². The third-order valence-corrected chi connectivity index (χ3v) is 4.37. The van der Waals surface area contributed by atoms with Crippen molar-refractivity contribution in [2.45, 2.75) is 44.4 Å². The molecule has 0 aliphatic heterocycles. The van der Waals surface area contributed by atoms with Crippen molar-refractivity contribution in [3.63, 3.8) is 0 Å². The van der Waals surface area contributed by atoms with E-state index in [0.717, 1.165) is 11.3 Å². The van der Waals surface area contributed by atoms with Gasteiger partial charge in [0, 0.05) is 22.1 Å². The first-order valence-corrected chi connectivity index (χ1v) is 8.71. The molecule has 2 N–H and O–H groups in total. The largest absolute Gasteiger partial charge is 0.393 e. The number of benzene rings is 2. The smallest absolute Gasteiger partial charge is 0.236 e. The lowest BCUT2D eigenvalue weighted by atomic mass is 9.95. The Bertz CT molecular complexity index is 662. The lowest BCUT2D eigenvalue weighted by molar-refractivity contribution is -0.524. The van der Waals surface area contributed by atoms with Gasteiger partial charge in [-0.2, -0.15) is 0 Å². The second kappa shape index (κ2) is 9.39. The molecule has 6 heteroatoms. The second-order valence-electron chi connectivity index (χ2n) is 6.23. The van der Waals surface area contributed by atoms with Gasteiger partial charge in [-0.25, -0.2) is 0 Å². The van der Waals surface area contributed by atoms with Crippen LogP contribution in [0.1, 0.15) is 25.3 Å². The van der Waals surface area contributed by atoms with Crippen LogP contribution < -0.4 is 5.32 Å². The summed E-state index contributed by atoms with van der Waals surface area (Å²) in [5.41, 5.74) is 1.70. The zero-order valence-electron chi connectivity index (χ0n) is 14.1. The zero-order valence-corrected chi connectivity index (χ0v) is 14.9. The Labute approximate surface area is 152 Å². The molecule has 0 heterocycles. The van der Waals surface area contributed by atoms with Crippen LogP contribution in [0.25, 0.3) is 0 Å². The number of nitro groups is 1. The van der Waals surface area contributed by atoms with Gasteiger partial charge in [0.1, 0.15) is 0 Å². The number of aliphatic hydroxyl groups is 1. The van der Waals surface area contributed by atoms with Gasteiger partial charge in [0.05, 0.1) is 12.1 Å². The number of nitrogens with zero attached hydrogens (tertiary/aromatic N) is 1. The van der Waals surface area contributed by atoms with Gasteiger partial charge in [-0.05, 0) is 49.6 Å². The molecule has 0 radical (unpaired) electrons. The van der Waals surface area contributed by atoms with Crippen LogP contribution in [0.5, 0.6) is 0 Å². The number of aliphatic hydroxyl groups excluding tert-OH is 1. The summed E-state index contributed by atoms with van der Waals surface area (Å²) in [6.07, 6.45) is 0.804. The van der Waals surface area contributed by atoms with Crippen LogP contribution in [0.3, 0.4) is 0 Å². The molecule has 0 fully saturated rings. The lowest BCUT2D eigenvalue weighted by Crippen LogP contribution is -2.41. The van der Waals surface area contributed by atoms with Gasteiger partial charge in [-0.1, -0.05) is 41.9 Å². The summed E-state index contributed by atoms with van der Waals surface area (Å²) in [5.74, 6) is 0. The van der Waals surface area contributed by atoms with E-state index in [1.807, 2.05) is 42.5 Å². The van der Waals surface area contributed by atoms with Crippen LogP contribution >= 0.6 is 11.6 Å². The van der Waals surface area contributed by atoms with Gasteiger partial charge in [0.2, 0.25) is 6.04 Å². The van der Waals surface area contributed by atoms with Gasteiger partial charge < -0.3 is 10.4 Å². The number of rotatable bonds is 9. The quantitative estimate of drug-likeness (QED) is 0.518. The Hall–Kier alpha value is -2.11. The van der Waals surface area contributed by atoms with Gasteiger partial charge in [0.15, 0.2) is 0 Å². The van der Waals surface area contributed by atoms with Crippen molar-refractivity contribution >= 4 is 17.3 Å². The van der Waals surface area contributed by atoms with Gasteiger partial charge >= 0.3 is 0 Å². The van der Waals surface area contributed by atoms with Crippen molar-refractivity contribution in [3.05, 3.63) is 75.3 Å². The molecule has 25 heavy (non-hydrogen) atoms. The molecule has 1 unspecified atom stereocenters. The number of halogens is 1. The van der Waals surface area contributed by atoms with E-state index in [0.29, 0.717) is 24.3 Å². The molecule has 0 bridgehead atoms. The van der Waals surface area contributed by atoms with E-state index in [1.54, 1.807) is 19.1 Å². The minimum Gasteiger partial charge on any atom is -0.393 e. The highest BCUT2D eigenvalue weighted by molar-refractivity contribution is 6.30. The summed E-state index contributed by atoms with van der Waals surface area (Å²) in [4.78, 5) is 11.5. The van der Waals surface area contributed by atoms with Crippen LogP contribution in [0.2, 0.25) is 5.02 Å². The molecule has 0 spiro atoms. The van der Waals surface area contributed by atoms with E-state index in [2.05, 4.69) is 5.32 Å². The Morgan fingerprint density at radius 3 is 2.32 bits per heavy atom. The number of anilines is 1. The van der Waals surface area contributed by atoms with E-state index in [1.165, 1.54) is 0 Å². The Balaban J connectivity index is 2.19. The Morgan fingerprint density at radius 1 is 1.12 bits per heavy atom. The maximum atomic E-state index is 11.7. The molecule has 2 rings (SSSR count). The predicted octanol–water partition coefficient (Wildman–Crippen LogP) is 4.17. The van der Waals surface area contributed by atoms with Gasteiger partial charge in [-0.15, -0.1) is 0 Å². The second-order valence-corrected chi connectivity index (χ2v) is 6.66. The molecule has 0 aromatic heterocycles. The summed E-state index contributed by atoms with van der Waals surface area (Å²) in [5, 5.41) is 25.2. The summed E-state index contributed by atoms with van der Waals surface area (Å²) in [6.45, 7) is 1.69. The average Bonchev–Trinajstić information content (AvgIpc) is 2.59. The van der Waals surface area contributed by atoms with Crippen LogP contribution in [0.15, 0.2) is 54.6 Å². The number of para-hydroxylation sites is 1. The fourth-order valence-electron chi connectivity index (χ4n) is 2.76. The summed E-state index contributed by atoms with van der Waals surface area (Å²) >= 11 is 5.89. The van der Waals surface area contributed by atoms with Crippen LogP contribution in [-0.2, 0) is 6.42 Å². The van der Waals surface area contributed by atoms with Gasteiger partial charge in [-0.3, -0.25) is 10.1 Å². The van der Waals surface area contributed by atoms with Crippen molar-refractivity contribution in [2.75, 3.05) is 5.32 Å². The summed E-state index contributed by atoms with van der Waals surface area (Å²) in [6, 6.07) is 15.3. The minimum atomic E-state index is -0.805. The minimum absolute atomic E-state index is 0.239. The molecule has 0 aliphatic rings. The molecular formula is C19H23ClN2O3. The summed E-state index contributed by atoms with van der Waals surface area (Å²) in [7, 11) is 0. The number of hydrogen-bond acceptors (Lipinski definition) is 4. The average molecular weight is 363 g/mol. The van der Waals surface area contributed by atoms with E-state index >= 15 is 0 Å². The van der Waals surface area contributed by atoms with Crippen molar-refractivity contribution in [1.82, 2.24) is 0 Å². The van der Waals surface area contributed by atoms with Crippen molar-refractivity contribution in [3.8, 4) is 0 Å². The molecule has 0 saturated heterocycles. The SMILES string of the molecule is C[C@H](O)CC[C@@H](Nc1ccccc1)C(Cc1ccc(Cl)cc1)[N+](=O)[O-]. The Morgan fingerprint density at radius 2 is 1.76 bits per heavy atom. The molecule has 0 aliphatic carbocycles. The lowest BCUT2D eigenvalue weighted by Gasteiger charge is -2.24. The third-order valence-electron chi connectivity index (χ3n) is 4.11. The molecule has 0 saturated carbocycles. The van der Waals surface area contributed by atoms with Crippen LogP contribution in [-0.4, -0.2) is 28.2 Å². The molecular weight excluding hydrogens is 340 g/mol. The molecule has 134 valence electrons. The molecule has 2 aromatic carbocycles. The fraction of sp³-hybridized carbons (Fsp3) is 0.368. The first kappa shape index (κ1) is 19.2. The standard InChI is InChI=1S/C19H23ClN2O3/c1-14(23)7-12-18(21-17-5-3-2-4-6-17)19(22(24)25)13-15-8-10-16(20)11-9-15/h2-6,8-11,14,18-19,21,23H,7,12-13H2,1H3/t14-,18+,19?/m0/s1. The van der Waals surface area contributed by atoms with Crippen LogP contribution in [0.4, 0.5) is 5.69 Å². The number of hydrogen-bond donors (Lipinski definition) is 2. The zero-order chi connectivity index (χ0) is 18.2. The highest BCUT2D eigenvalue weighted by Gasteiger charge is 2.31. The highest BCUT2D eigenvalue weighted by Crippen LogP contribution is 2.20. The monoisotopic (exact) mass is 362 g/mol. The van der Waals surface area contributed by atoms with Gasteiger partial charge in [0.25, 0.3) is 0 Å². The Kier molecular flexibility index (Phi) is 7.22. The first-order chi connectivity index (χ1) is 12.0.